The maximum Gasteiger partial charge on any atom is 0.337 e. The first-order valence-corrected chi connectivity index (χ1v) is 6.68. The van der Waals surface area contributed by atoms with Crippen LogP contribution in [0, 0.1) is 6.92 Å². The molecule has 0 saturated heterocycles. The van der Waals surface area contributed by atoms with E-state index in [2.05, 4.69) is 21.2 Å². The van der Waals surface area contributed by atoms with Crippen molar-refractivity contribution in [2.45, 2.75) is 13.5 Å². The molecule has 0 aliphatic rings. The molecule has 2 aromatic carbocycles. The van der Waals surface area contributed by atoms with Gasteiger partial charge in [-0.2, -0.15) is 0 Å². The molecule has 0 amide bonds. The number of aryl methyl sites for hydroxylation is 1. The summed E-state index contributed by atoms with van der Waals surface area (Å²) >= 11 is 3.38. The summed E-state index contributed by atoms with van der Waals surface area (Å²) in [6, 6.07) is 13.2. The zero-order valence-electron chi connectivity index (χ0n) is 10.5. The first-order valence-electron chi connectivity index (χ1n) is 5.88. The van der Waals surface area contributed by atoms with Crippen LogP contribution in [0.2, 0.25) is 0 Å². The predicted molar refractivity (Wildman–Crippen MR) is 79.6 cm³/mol. The molecule has 3 nitrogen and oxygen atoms in total. The summed E-state index contributed by atoms with van der Waals surface area (Å²) in [6.07, 6.45) is 0. The van der Waals surface area contributed by atoms with Crippen molar-refractivity contribution in [2.75, 3.05) is 5.32 Å². The molecule has 2 N–H and O–H groups in total. The van der Waals surface area contributed by atoms with Gasteiger partial charge in [0, 0.05) is 16.7 Å². The summed E-state index contributed by atoms with van der Waals surface area (Å²) in [7, 11) is 0. The summed E-state index contributed by atoms with van der Waals surface area (Å²) in [5, 5.41) is 12.3. The van der Waals surface area contributed by atoms with E-state index in [-0.39, 0.29) is 0 Å². The standard InChI is InChI=1S/C15H14BrNO2/c1-10-2-7-13(15(18)19)14(8-10)17-9-11-3-5-12(16)6-4-11/h2-8,17H,9H2,1H3,(H,18,19). The molecule has 0 atom stereocenters. The van der Waals surface area contributed by atoms with Gasteiger partial charge in [-0.25, -0.2) is 4.79 Å². The third-order valence-corrected chi connectivity index (χ3v) is 3.33. The second-order valence-corrected chi connectivity index (χ2v) is 5.25. The van der Waals surface area contributed by atoms with Gasteiger partial charge in [-0.15, -0.1) is 0 Å². The molecule has 0 saturated carbocycles. The number of nitrogens with one attached hydrogen (secondary N) is 1. The van der Waals surface area contributed by atoms with E-state index in [1.54, 1.807) is 12.1 Å². The van der Waals surface area contributed by atoms with Crippen LogP contribution in [0.25, 0.3) is 0 Å². The first kappa shape index (κ1) is 13.6. The van der Waals surface area contributed by atoms with Crippen molar-refractivity contribution >= 4 is 27.6 Å². The second kappa shape index (κ2) is 5.89. The number of aromatic carboxylic acids is 1. The predicted octanol–water partition coefficient (Wildman–Crippen LogP) is 4.07. The van der Waals surface area contributed by atoms with Gasteiger partial charge in [0.25, 0.3) is 0 Å². The lowest BCUT2D eigenvalue weighted by Gasteiger charge is -2.10. The van der Waals surface area contributed by atoms with Crippen LogP contribution in [0.3, 0.4) is 0 Å². The van der Waals surface area contributed by atoms with Gasteiger partial charge < -0.3 is 10.4 Å². The molecule has 0 heterocycles. The molecule has 0 aliphatic carbocycles. The highest BCUT2D eigenvalue weighted by atomic mass is 79.9. The SMILES string of the molecule is Cc1ccc(C(=O)O)c(NCc2ccc(Br)cc2)c1. The Morgan fingerprint density at radius 1 is 1.21 bits per heavy atom. The maximum atomic E-state index is 11.1. The van der Waals surface area contributed by atoms with Crippen LogP contribution in [0.4, 0.5) is 5.69 Å². The summed E-state index contributed by atoms with van der Waals surface area (Å²) in [6.45, 7) is 2.54. The highest BCUT2D eigenvalue weighted by molar-refractivity contribution is 9.10. The fourth-order valence-corrected chi connectivity index (χ4v) is 2.05. The van der Waals surface area contributed by atoms with Crippen LogP contribution in [-0.2, 0) is 6.54 Å². The van der Waals surface area contributed by atoms with Crippen molar-refractivity contribution in [1.29, 1.82) is 0 Å². The largest absolute Gasteiger partial charge is 0.478 e. The Balaban J connectivity index is 2.16. The minimum absolute atomic E-state index is 0.294. The van der Waals surface area contributed by atoms with Crippen LogP contribution in [0.15, 0.2) is 46.9 Å². The van der Waals surface area contributed by atoms with Gasteiger partial charge in [0.05, 0.1) is 5.56 Å². The summed E-state index contributed by atoms with van der Waals surface area (Å²) < 4.78 is 1.03. The Bertz CT molecular complexity index is 594. The number of hydrogen-bond acceptors (Lipinski definition) is 2. The van der Waals surface area contributed by atoms with Crippen LogP contribution in [-0.4, -0.2) is 11.1 Å². The van der Waals surface area contributed by atoms with Crippen LogP contribution in [0.5, 0.6) is 0 Å². The number of halogens is 1. The molecule has 0 radical (unpaired) electrons. The third kappa shape index (κ3) is 3.58. The van der Waals surface area contributed by atoms with Crippen molar-refractivity contribution in [2.24, 2.45) is 0 Å². The molecule has 0 bridgehead atoms. The van der Waals surface area contributed by atoms with E-state index in [9.17, 15) is 4.79 Å². The number of rotatable bonds is 4. The Hall–Kier alpha value is -1.81. The van der Waals surface area contributed by atoms with Crippen molar-refractivity contribution in [3.05, 3.63) is 63.6 Å². The molecule has 0 aliphatic heterocycles. The Morgan fingerprint density at radius 2 is 1.89 bits per heavy atom. The Labute approximate surface area is 120 Å². The average Bonchev–Trinajstić information content (AvgIpc) is 2.38. The van der Waals surface area contributed by atoms with E-state index in [1.807, 2.05) is 37.3 Å². The smallest absolute Gasteiger partial charge is 0.337 e. The van der Waals surface area contributed by atoms with Crippen LogP contribution >= 0.6 is 15.9 Å². The van der Waals surface area contributed by atoms with Crippen molar-refractivity contribution in [1.82, 2.24) is 0 Å². The van der Waals surface area contributed by atoms with Gasteiger partial charge in [0.2, 0.25) is 0 Å². The summed E-state index contributed by atoms with van der Waals surface area (Å²) in [5.41, 5.74) is 3.07. The van der Waals surface area contributed by atoms with E-state index in [1.165, 1.54) is 0 Å². The number of carboxylic acids is 1. The van der Waals surface area contributed by atoms with E-state index < -0.39 is 5.97 Å². The van der Waals surface area contributed by atoms with E-state index in [0.717, 1.165) is 15.6 Å². The molecule has 19 heavy (non-hydrogen) atoms. The maximum absolute atomic E-state index is 11.1. The van der Waals surface area contributed by atoms with Gasteiger partial charge in [-0.05, 0) is 42.3 Å². The van der Waals surface area contributed by atoms with E-state index >= 15 is 0 Å². The molecule has 2 rings (SSSR count). The lowest BCUT2D eigenvalue weighted by molar-refractivity contribution is 0.0698. The minimum Gasteiger partial charge on any atom is -0.478 e. The molecule has 0 unspecified atom stereocenters. The van der Waals surface area contributed by atoms with E-state index in [0.29, 0.717) is 17.8 Å². The number of benzene rings is 2. The van der Waals surface area contributed by atoms with E-state index in [4.69, 9.17) is 5.11 Å². The molecular formula is C15H14BrNO2. The average molecular weight is 320 g/mol. The van der Waals surface area contributed by atoms with Gasteiger partial charge in [0.1, 0.15) is 0 Å². The second-order valence-electron chi connectivity index (χ2n) is 4.33. The summed E-state index contributed by atoms with van der Waals surface area (Å²) in [4.78, 5) is 11.1. The lowest BCUT2D eigenvalue weighted by atomic mass is 10.1. The molecule has 0 fully saturated rings. The number of hydrogen-bond donors (Lipinski definition) is 2. The van der Waals surface area contributed by atoms with Gasteiger partial charge >= 0.3 is 5.97 Å². The fourth-order valence-electron chi connectivity index (χ4n) is 1.79. The first-order chi connectivity index (χ1) is 9.06. The molecule has 2 aromatic rings. The van der Waals surface area contributed by atoms with Crippen LogP contribution in [0.1, 0.15) is 21.5 Å². The number of carboxylic acid groups (broad SMARTS) is 1. The normalized spacial score (nSPS) is 10.2. The monoisotopic (exact) mass is 319 g/mol. The van der Waals surface area contributed by atoms with Crippen molar-refractivity contribution in [3.63, 3.8) is 0 Å². The fraction of sp³-hybridized carbons (Fsp3) is 0.133. The van der Waals surface area contributed by atoms with Gasteiger partial charge in [-0.3, -0.25) is 0 Å². The molecule has 0 aromatic heterocycles. The minimum atomic E-state index is -0.918. The summed E-state index contributed by atoms with van der Waals surface area (Å²) in [5.74, 6) is -0.918. The Kier molecular flexibility index (Phi) is 4.22. The zero-order valence-corrected chi connectivity index (χ0v) is 12.1. The van der Waals surface area contributed by atoms with Crippen molar-refractivity contribution < 1.29 is 9.90 Å². The zero-order chi connectivity index (χ0) is 13.8. The highest BCUT2D eigenvalue weighted by Crippen LogP contribution is 2.19. The topological polar surface area (TPSA) is 49.3 Å². The van der Waals surface area contributed by atoms with Crippen LogP contribution < -0.4 is 5.32 Å². The number of carbonyl (C=O) groups is 1. The molecule has 4 heteroatoms. The quantitative estimate of drug-likeness (QED) is 0.893. The lowest BCUT2D eigenvalue weighted by Crippen LogP contribution is -2.06. The highest BCUT2D eigenvalue weighted by Gasteiger charge is 2.09. The molecular weight excluding hydrogens is 306 g/mol. The Morgan fingerprint density at radius 3 is 2.53 bits per heavy atom. The molecule has 0 spiro atoms. The van der Waals surface area contributed by atoms with Gasteiger partial charge in [-0.1, -0.05) is 34.1 Å². The van der Waals surface area contributed by atoms with Gasteiger partial charge in [0.15, 0.2) is 0 Å². The third-order valence-electron chi connectivity index (χ3n) is 2.80. The molecule has 98 valence electrons. The van der Waals surface area contributed by atoms with Crippen molar-refractivity contribution in [3.8, 4) is 0 Å². The number of anilines is 1.